The monoisotopic (exact) mass is 390 g/mol. The molecule has 0 fully saturated rings. The Labute approximate surface area is 160 Å². The molecule has 0 aliphatic rings. The number of hydrogen-bond acceptors (Lipinski definition) is 5. The number of aromatic nitrogens is 1. The molecular weight excluding hydrogens is 368 g/mol. The summed E-state index contributed by atoms with van der Waals surface area (Å²) >= 11 is 5.03. The van der Waals surface area contributed by atoms with Gasteiger partial charge in [0.15, 0.2) is 0 Å². The Balaban J connectivity index is 1.53. The van der Waals surface area contributed by atoms with E-state index in [2.05, 4.69) is 41.7 Å². The van der Waals surface area contributed by atoms with Crippen LogP contribution in [0.4, 0.5) is 0 Å². The zero-order valence-corrected chi connectivity index (χ0v) is 17.2. The summed E-state index contributed by atoms with van der Waals surface area (Å²) in [5.41, 5.74) is 2.36. The van der Waals surface area contributed by atoms with Gasteiger partial charge in [0.2, 0.25) is 0 Å². The molecular formula is C19H22N2OS3. The molecule has 3 aromatic rings. The molecule has 0 spiro atoms. The van der Waals surface area contributed by atoms with Crippen molar-refractivity contribution in [3.8, 4) is 10.6 Å². The lowest BCUT2D eigenvalue weighted by atomic mass is 10.1. The van der Waals surface area contributed by atoms with Gasteiger partial charge in [0.1, 0.15) is 0 Å². The maximum absolute atomic E-state index is 12.3. The predicted molar refractivity (Wildman–Crippen MR) is 109 cm³/mol. The number of carbonyl (C=O) groups excluding carboxylic acids is 1. The van der Waals surface area contributed by atoms with E-state index in [1.165, 1.54) is 20.2 Å². The second-order valence-corrected chi connectivity index (χ2v) is 9.45. The first-order chi connectivity index (χ1) is 12.1. The van der Waals surface area contributed by atoms with Crippen molar-refractivity contribution in [1.29, 1.82) is 0 Å². The molecule has 0 saturated heterocycles. The molecule has 25 heavy (non-hydrogen) atoms. The topological polar surface area (TPSA) is 42.0 Å². The van der Waals surface area contributed by atoms with Crippen LogP contribution in [0, 0.1) is 13.8 Å². The molecule has 3 aromatic heterocycles. The Kier molecular flexibility index (Phi) is 6.04. The average molecular weight is 391 g/mol. The van der Waals surface area contributed by atoms with Gasteiger partial charge in [-0.25, -0.2) is 4.98 Å². The van der Waals surface area contributed by atoms with Crippen molar-refractivity contribution in [1.82, 2.24) is 10.3 Å². The van der Waals surface area contributed by atoms with Crippen LogP contribution in [0.5, 0.6) is 0 Å². The highest BCUT2D eigenvalue weighted by Gasteiger charge is 2.12. The summed E-state index contributed by atoms with van der Waals surface area (Å²) in [6, 6.07) is 6.30. The van der Waals surface area contributed by atoms with Crippen LogP contribution in [0.3, 0.4) is 0 Å². The number of nitrogens with zero attached hydrogens (tertiary/aromatic N) is 1. The van der Waals surface area contributed by atoms with E-state index in [4.69, 9.17) is 0 Å². The van der Waals surface area contributed by atoms with Crippen molar-refractivity contribution in [2.24, 2.45) is 0 Å². The molecule has 0 aromatic carbocycles. The zero-order valence-electron chi connectivity index (χ0n) is 14.7. The molecule has 0 atom stereocenters. The van der Waals surface area contributed by atoms with Crippen LogP contribution in [-0.4, -0.2) is 17.4 Å². The van der Waals surface area contributed by atoms with E-state index in [0.717, 1.165) is 34.8 Å². The Morgan fingerprint density at radius 1 is 1.20 bits per heavy atom. The Morgan fingerprint density at radius 2 is 2.04 bits per heavy atom. The third kappa shape index (κ3) is 4.57. The number of thiazole rings is 1. The SMILES string of the molecule is CCCc1cc(C(=O)NCCc2ccc(-c3csc(C)n3)s2)sc1C. The lowest BCUT2D eigenvalue weighted by molar-refractivity contribution is 0.0958. The number of hydrogen-bond donors (Lipinski definition) is 1. The first kappa shape index (κ1) is 18.3. The van der Waals surface area contributed by atoms with E-state index in [1.807, 2.05) is 13.0 Å². The van der Waals surface area contributed by atoms with E-state index in [1.54, 1.807) is 34.0 Å². The fraction of sp³-hybridized carbons (Fsp3) is 0.368. The standard InChI is InChI=1S/C19H22N2OS3/c1-4-5-14-10-18(24-12(14)2)19(22)20-9-8-15-6-7-17(25-15)16-11-23-13(3)21-16/h6-7,10-11H,4-5,8-9H2,1-3H3,(H,20,22). The molecule has 1 amide bonds. The lowest BCUT2D eigenvalue weighted by Gasteiger charge is -2.02. The van der Waals surface area contributed by atoms with Gasteiger partial charge >= 0.3 is 0 Å². The van der Waals surface area contributed by atoms with Crippen molar-refractivity contribution < 1.29 is 4.79 Å². The molecule has 3 rings (SSSR count). The average Bonchev–Trinajstić information content (AvgIpc) is 3.29. The summed E-state index contributed by atoms with van der Waals surface area (Å²) in [7, 11) is 0. The minimum Gasteiger partial charge on any atom is -0.351 e. The van der Waals surface area contributed by atoms with Crippen LogP contribution in [-0.2, 0) is 12.8 Å². The first-order valence-electron chi connectivity index (χ1n) is 8.45. The summed E-state index contributed by atoms with van der Waals surface area (Å²) in [6.07, 6.45) is 3.01. The number of carbonyl (C=O) groups is 1. The van der Waals surface area contributed by atoms with E-state index in [9.17, 15) is 4.79 Å². The normalized spacial score (nSPS) is 11.0. The van der Waals surface area contributed by atoms with E-state index < -0.39 is 0 Å². The van der Waals surface area contributed by atoms with Gasteiger partial charge in [-0.2, -0.15) is 0 Å². The molecule has 1 N–H and O–H groups in total. The summed E-state index contributed by atoms with van der Waals surface area (Å²) in [5.74, 6) is 0.0439. The highest BCUT2D eigenvalue weighted by Crippen LogP contribution is 2.29. The molecule has 3 nitrogen and oxygen atoms in total. The van der Waals surface area contributed by atoms with Gasteiger partial charge in [0.05, 0.1) is 20.5 Å². The van der Waals surface area contributed by atoms with Gasteiger partial charge in [-0.15, -0.1) is 34.0 Å². The van der Waals surface area contributed by atoms with Crippen molar-refractivity contribution >= 4 is 39.9 Å². The minimum absolute atomic E-state index is 0.0439. The van der Waals surface area contributed by atoms with Crippen molar-refractivity contribution in [2.75, 3.05) is 6.54 Å². The zero-order chi connectivity index (χ0) is 17.8. The van der Waals surface area contributed by atoms with Crippen molar-refractivity contribution in [2.45, 2.75) is 40.0 Å². The van der Waals surface area contributed by atoms with Crippen LogP contribution in [0.25, 0.3) is 10.6 Å². The third-order valence-corrected chi connectivity index (χ3v) is 6.99. The molecule has 3 heterocycles. The van der Waals surface area contributed by atoms with Crippen LogP contribution in [0.15, 0.2) is 23.6 Å². The molecule has 0 saturated carbocycles. The van der Waals surface area contributed by atoms with E-state index >= 15 is 0 Å². The molecule has 0 bridgehead atoms. The Hall–Kier alpha value is -1.50. The third-order valence-electron chi connectivity index (χ3n) is 3.95. The summed E-state index contributed by atoms with van der Waals surface area (Å²) < 4.78 is 0. The quantitative estimate of drug-likeness (QED) is 0.581. The van der Waals surface area contributed by atoms with E-state index in [-0.39, 0.29) is 5.91 Å². The summed E-state index contributed by atoms with van der Waals surface area (Å²) in [5, 5.41) is 6.23. The molecule has 6 heteroatoms. The van der Waals surface area contributed by atoms with Gasteiger partial charge in [0.25, 0.3) is 5.91 Å². The number of aryl methyl sites for hydroxylation is 3. The number of amides is 1. The van der Waals surface area contributed by atoms with Gasteiger partial charge < -0.3 is 5.32 Å². The van der Waals surface area contributed by atoms with Crippen LogP contribution < -0.4 is 5.32 Å². The van der Waals surface area contributed by atoms with Crippen molar-refractivity contribution in [3.05, 3.63) is 48.8 Å². The summed E-state index contributed by atoms with van der Waals surface area (Å²) in [4.78, 5) is 21.4. The molecule has 0 radical (unpaired) electrons. The molecule has 0 unspecified atom stereocenters. The summed E-state index contributed by atoms with van der Waals surface area (Å²) in [6.45, 7) is 6.95. The van der Waals surface area contributed by atoms with Gasteiger partial charge in [-0.1, -0.05) is 13.3 Å². The highest BCUT2D eigenvalue weighted by atomic mass is 32.1. The van der Waals surface area contributed by atoms with Crippen molar-refractivity contribution in [3.63, 3.8) is 0 Å². The maximum Gasteiger partial charge on any atom is 0.261 e. The fourth-order valence-electron chi connectivity index (χ4n) is 2.66. The fourth-order valence-corrected chi connectivity index (χ4v) is 5.31. The second kappa shape index (κ2) is 8.25. The molecule has 132 valence electrons. The smallest absolute Gasteiger partial charge is 0.261 e. The largest absolute Gasteiger partial charge is 0.351 e. The predicted octanol–water partition coefficient (Wildman–Crippen LogP) is 5.47. The maximum atomic E-state index is 12.3. The van der Waals surface area contributed by atoms with Crippen LogP contribution in [0.1, 0.15) is 43.3 Å². The number of thiophene rings is 2. The highest BCUT2D eigenvalue weighted by molar-refractivity contribution is 7.16. The van der Waals surface area contributed by atoms with Gasteiger partial charge in [0, 0.05) is 21.7 Å². The van der Waals surface area contributed by atoms with E-state index in [0.29, 0.717) is 6.54 Å². The molecule has 0 aliphatic heterocycles. The van der Waals surface area contributed by atoms with Crippen LogP contribution >= 0.6 is 34.0 Å². The molecule has 0 aliphatic carbocycles. The lowest BCUT2D eigenvalue weighted by Crippen LogP contribution is -2.24. The van der Waals surface area contributed by atoms with Crippen LogP contribution in [0.2, 0.25) is 0 Å². The Bertz CT molecular complexity index is 860. The number of rotatable bonds is 7. The number of nitrogens with one attached hydrogen (secondary N) is 1. The van der Waals surface area contributed by atoms with Gasteiger partial charge in [-0.3, -0.25) is 4.79 Å². The minimum atomic E-state index is 0.0439. The van der Waals surface area contributed by atoms with Gasteiger partial charge in [-0.05, 0) is 50.5 Å². The Morgan fingerprint density at radius 3 is 2.76 bits per heavy atom. The first-order valence-corrected chi connectivity index (χ1v) is 11.0. The second-order valence-electron chi connectivity index (χ2n) is 5.97.